The van der Waals surface area contributed by atoms with Gasteiger partial charge >= 0.3 is 0 Å². The van der Waals surface area contributed by atoms with Crippen molar-refractivity contribution in [2.45, 2.75) is 51.7 Å². The minimum atomic E-state index is -0.130. The SMILES string of the molecule is Cc1noc(C)c1C(=O)NC1CCC(Oc2ccc(C#N)cn2)CC1. The van der Waals surface area contributed by atoms with E-state index in [1.165, 1.54) is 6.20 Å². The summed E-state index contributed by atoms with van der Waals surface area (Å²) in [6, 6.07) is 5.56. The van der Waals surface area contributed by atoms with Gasteiger partial charge in [0.1, 0.15) is 23.5 Å². The molecule has 1 amide bonds. The van der Waals surface area contributed by atoms with Crippen molar-refractivity contribution in [3.63, 3.8) is 0 Å². The van der Waals surface area contributed by atoms with Gasteiger partial charge in [0.2, 0.25) is 5.88 Å². The summed E-state index contributed by atoms with van der Waals surface area (Å²) in [7, 11) is 0. The maximum absolute atomic E-state index is 12.4. The number of amides is 1. The minimum Gasteiger partial charge on any atom is -0.474 e. The van der Waals surface area contributed by atoms with Crippen molar-refractivity contribution >= 4 is 5.91 Å². The van der Waals surface area contributed by atoms with Crippen LogP contribution in [0.25, 0.3) is 0 Å². The number of aromatic nitrogens is 2. The lowest BCUT2D eigenvalue weighted by Crippen LogP contribution is -2.40. The van der Waals surface area contributed by atoms with Crippen LogP contribution in [0.4, 0.5) is 0 Å². The molecule has 2 aromatic rings. The highest BCUT2D eigenvalue weighted by Gasteiger charge is 2.26. The summed E-state index contributed by atoms with van der Waals surface area (Å²) in [6.45, 7) is 3.50. The fourth-order valence-electron chi connectivity index (χ4n) is 3.08. The average Bonchev–Trinajstić information content (AvgIpc) is 2.96. The van der Waals surface area contributed by atoms with Crippen LogP contribution in [-0.4, -0.2) is 28.2 Å². The molecular weight excluding hydrogens is 320 g/mol. The first-order valence-electron chi connectivity index (χ1n) is 8.33. The number of ether oxygens (including phenoxy) is 1. The first-order chi connectivity index (χ1) is 12.1. The van der Waals surface area contributed by atoms with Crippen LogP contribution in [0.2, 0.25) is 0 Å². The Morgan fingerprint density at radius 1 is 1.32 bits per heavy atom. The maximum Gasteiger partial charge on any atom is 0.257 e. The summed E-state index contributed by atoms with van der Waals surface area (Å²) in [5.41, 5.74) is 1.65. The predicted molar refractivity (Wildman–Crippen MR) is 89.1 cm³/mol. The molecule has 130 valence electrons. The van der Waals surface area contributed by atoms with Gasteiger partial charge in [-0.25, -0.2) is 4.98 Å². The fourth-order valence-corrected chi connectivity index (χ4v) is 3.08. The third-order valence-corrected chi connectivity index (χ3v) is 4.42. The van der Waals surface area contributed by atoms with E-state index in [-0.39, 0.29) is 18.1 Å². The van der Waals surface area contributed by atoms with Gasteiger partial charge in [-0.05, 0) is 45.6 Å². The molecular formula is C18H20N4O3. The summed E-state index contributed by atoms with van der Waals surface area (Å²) in [6.07, 6.45) is 4.95. The molecule has 3 rings (SSSR count). The lowest BCUT2D eigenvalue weighted by Gasteiger charge is -2.29. The van der Waals surface area contributed by atoms with Gasteiger partial charge in [0.25, 0.3) is 5.91 Å². The number of nitriles is 1. The highest BCUT2D eigenvalue weighted by atomic mass is 16.5. The number of aryl methyl sites for hydroxylation is 2. The molecule has 25 heavy (non-hydrogen) atoms. The van der Waals surface area contributed by atoms with Gasteiger partial charge in [-0.2, -0.15) is 5.26 Å². The van der Waals surface area contributed by atoms with Crippen LogP contribution in [-0.2, 0) is 0 Å². The van der Waals surface area contributed by atoms with E-state index in [1.807, 2.05) is 6.07 Å². The lowest BCUT2D eigenvalue weighted by molar-refractivity contribution is 0.0888. The number of carbonyl (C=O) groups excluding carboxylic acids is 1. The molecule has 0 saturated heterocycles. The third-order valence-electron chi connectivity index (χ3n) is 4.42. The van der Waals surface area contributed by atoms with Crippen LogP contribution < -0.4 is 10.1 Å². The Kier molecular flexibility index (Phi) is 4.98. The van der Waals surface area contributed by atoms with E-state index in [2.05, 4.69) is 15.5 Å². The Hall–Kier alpha value is -2.88. The number of rotatable bonds is 4. The molecule has 2 heterocycles. The van der Waals surface area contributed by atoms with Crippen molar-refractivity contribution in [3.8, 4) is 11.9 Å². The monoisotopic (exact) mass is 340 g/mol. The average molecular weight is 340 g/mol. The Balaban J connectivity index is 1.50. The van der Waals surface area contributed by atoms with Crippen molar-refractivity contribution < 1.29 is 14.1 Å². The van der Waals surface area contributed by atoms with E-state index >= 15 is 0 Å². The van der Waals surface area contributed by atoms with Crippen LogP contribution in [0.15, 0.2) is 22.9 Å². The lowest BCUT2D eigenvalue weighted by atomic mass is 9.92. The number of pyridine rings is 1. The zero-order valence-corrected chi connectivity index (χ0v) is 14.3. The molecule has 7 heteroatoms. The second kappa shape index (κ2) is 7.34. The molecule has 0 spiro atoms. The second-order valence-electron chi connectivity index (χ2n) is 6.26. The van der Waals surface area contributed by atoms with Gasteiger partial charge in [0.15, 0.2) is 0 Å². The van der Waals surface area contributed by atoms with Crippen molar-refractivity contribution in [1.82, 2.24) is 15.5 Å². The number of hydrogen-bond donors (Lipinski definition) is 1. The topological polar surface area (TPSA) is 101 Å². The first-order valence-corrected chi connectivity index (χ1v) is 8.33. The first kappa shape index (κ1) is 17.0. The molecule has 0 aromatic carbocycles. The van der Waals surface area contributed by atoms with Crippen LogP contribution in [0.1, 0.15) is 53.1 Å². The van der Waals surface area contributed by atoms with Gasteiger partial charge in [0, 0.05) is 18.3 Å². The van der Waals surface area contributed by atoms with E-state index in [4.69, 9.17) is 14.5 Å². The normalized spacial score (nSPS) is 19.9. The summed E-state index contributed by atoms with van der Waals surface area (Å²) in [5.74, 6) is 0.940. The molecule has 1 saturated carbocycles. The minimum absolute atomic E-state index is 0.0765. The summed E-state index contributed by atoms with van der Waals surface area (Å²) >= 11 is 0. The Morgan fingerprint density at radius 2 is 2.08 bits per heavy atom. The van der Waals surface area contributed by atoms with Gasteiger partial charge in [0.05, 0.1) is 11.3 Å². The number of nitrogens with one attached hydrogen (secondary N) is 1. The van der Waals surface area contributed by atoms with Crippen molar-refractivity contribution in [1.29, 1.82) is 5.26 Å². The summed E-state index contributed by atoms with van der Waals surface area (Å²) in [5, 5.41) is 15.7. The van der Waals surface area contributed by atoms with Crippen LogP contribution >= 0.6 is 0 Å². The van der Waals surface area contributed by atoms with E-state index in [1.54, 1.807) is 26.0 Å². The molecule has 1 N–H and O–H groups in total. The zero-order valence-electron chi connectivity index (χ0n) is 14.3. The smallest absolute Gasteiger partial charge is 0.257 e. The van der Waals surface area contributed by atoms with Gasteiger partial charge in [-0.3, -0.25) is 4.79 Å². The molecule has 0 bridgehead atoms. The zero-order chi connectivity index (χ0) is 17.8. The third kappa shape index (κ3) is 3.97. The molecule has 1 fully saturated rings. The largest absolute Gasteiger partial charge is 0.474 e. The molecule has 0 unspecified atom stereocenters. The quantitative estimate of drug-likeness (QED) is 0.918. The molecule has 1 aliphatic rings. The molecule has 0 radical (unpaired) electrons. The fraction of sp³-hybridized carbons (Fsp3) is 0.444. The highest BCUT2D eigenvalue weighted by molar-refractivity contribution is 5.96. The van der Waals surface area contributed by atoms with Crippen molar-refractivity contribution in [2.24, 2.45) is 0 Å². The van der Waals surface area contributed by atoms with Gasteiger partial charge < -0.3 is 14.6 Å². The Bertz CT molecular complexity index is 764. The van der Waals surface area contributed by atoms with E-state index in [9.17, 15) is 4.79 Å². The molecule has 0 atom stereocenters. The second-order valence-corrected chi connectivity index (χ2v) is 6.26. The summed E-state index contributed by atoms with van der Waals surface area (Å²) < 4.78 is 10.9. The van der Waals surface area contributed by atoms with Gasteiger partial charge in [-0.15, -0.1) is 0 Å². The van der Waals surface area contributed by atoms with E-state index in [0.29, 0.717) is 28.5 Å². The predicted octanol–water partition coefficient (Wildman–Crippen LogP) is 2.68. The number of hydrogen-bond acceptors (Lipinski definition) is 6. The molecule has 2 aromatic heterocycles. The summed E-state index contributed by atoms with van der Waals surface area (Å²) in [4.78, 5) is 16.5. The highest BCUT2D eigenvalue weighted by Crippen LogP contribution is 2.23. The number of carbonyl (C=O) groups is 1. The van der Waals surface area contributed by atoms with Crippen molar-refractivity contribution in [2.75, 3.05) is 0 Å². The maximum atomic E-state index is 12.4. The van der Waals surface area contributed by atoms with Crippen LogP contribution in [0.3, 0.4) is 0 Å². The number of nitrogens with zero attached hydrogens (tertiary/aromatic N) is 3. The van der Waals surface area contributed by atoms with E-state index in [0.717, 1.165) is 25.7 Å². The van der Waals surface area contributed by atoms with Crippen molar-refractivity contribution in [3.05, 3.63) is 40.9 Å². The van der Waals surface area contributed by atoms with Crippen LogP contribution in [0, 0.1) is 25.2 Å². The van der Waals surface area contributed by atoms with Crippen LogP contribution in [0.5, 0.6) is 5.88 Å². The van der Waals surface area contributed by atoms with Gasteiger partial charge in [-0.1, -0.05) is 5.16 Å². The molecule has 1 aliphatic carbocycles. The molecule has 7 nitrogen and oxygen atoms in total. The Labute approximate surface area is 146 Å². The Morgan fingerprint density at radius 3 is 2.64 bits per heavy atom. The molecule has 0 aliphatic heterocycles. The van der Waals surface area contributed by atoms with E-state index < -0.39 is 0 Å². The standard InChI is InChI=1S/C18H20N4O3/c1-11-17(12(2)25-22-11)18(23)21-14-4-6-15(7-5-14)24-16-8-3-13(9-19)10-20-16/h3,8,10,14-15H,4-7H2,1-2H3,(H,21,23).